The van der Waals surface area contributed by atoms with E-state index >= 15 is 0 Å². The first kappa shape index (κ1) is 28.5. The molecule has 2 atom stereocenters. The standard InChI is InChI=1S/C30H46O4/c1-23(2)19-29(21-31-5,20-24(3)4)27(33-7)28(34-8)30(22-32-6,25-15-11-9-12-16-25)26-17-13-10-14-18-26/h9-18,23-24,27-28H,19-22H2,1-8H3. The highest BCUT2D eigenvalue weighted by Crippen LogP contribution is 2.47. The molecule has 2 aromatic carbocycles. The molecule has 2 unspecified atom stereocenters. The van der Waals surface area contributed by atoms with Gasteiger partial charge in [0.2, 0.25) is 0 Å². The summed E-state index contributed by atoms with van der Waals surface area (Å²) in [6.07, 6.45) is 1.42. The molecule has 0 saturated heterocycles. The van der Waals surface area contributed by atoms with Gasteiger partial charge in [-0.1, -0.05) is 88.4 Å². The van der Waals surface area contributed by atoms with Crippen LogP contribution in [0.2, 0.25) is 0 Å². The molecule has 0 bridgehead atoms. The molecule has 0 aliphatic carbocycles. The lowest BCUT2D eigenvalue weighted by atomic mass is 9.61. The zero-order valence-corrected chi connectivity index (χ0v) is 22.5. The van der Waals surface area contributed by atoms with E-state index in [0.29, 0.717) is 25.0 Å². The van der Waals surface area contributed by atoms with Gasteiger partial charge in [0, 0.05) is 33.9 Å². The van der Waals surface area contributed by atoms with Crippen molar-refractivity contribution in [2.24, 2.45) is 17.3 Å². The summed E-state index contributed by atoms with van der Waals surface area (Å²) in [6.45, 7) is 10.2. The topological polar surface area (TPSA) is 36.9 Å². The molecular formula is C30H46O4. The van der Waals surface area contributed by atoms with Gasteiger partial charge in [0.25, 0.3) is 0 Å². The van der Waals surface area contributed by atoms with Crippen LogP contribution in [0.25, 0.3) is 0 Å². The number of hydrogen-bond acceptors (Lipinski definition) is 4. The van der Waals surface area contributed by atoms with E-state index in [-0.39, 0.29) is 17.6 Å². The fourth-order valence-corrected chi connectivity index (χ4v) is 6.15. The molecule has 0 aliphatic heterocycles. The maximum absolute atomic E-state index is 6.49. The molecule has 0 fully saturated rings. The van der Waals surface area contributed by atoms with Gasteiger partial charge in [-0.2, -0.15) is 0 Å². The van der Waals surface area contributed by atoms with Crippen LogP contribution in [-0.2, 0) is 24.4 Å². The van der Waals surface area contributed by atoms with Crippen LogP contribution in [0, 0.1) is 17.3 Å². The van der Waals surface area contributed by atoms with E-state index < -0.39 is 5.41 Å². The van der Waals surface area contributed by atoms with E-state index in [2.05, 4.69) is 88.4 Å². The number of ether oxygens (including phenoxy) is 4. The molecule has 0 spiro atoms. The predicted molar refractivity (Wildman–Crippen MR) is 140 cm³/mol. The van der Waals surface area contributed by atoms with E-state index in [9.17, 15) is 0 Å². The Labute approximate surface area is 208 Å². The Hall–Kier alpha value is -1.72. The van der Waals surface area contributed by atoms with E-state index in [1.54, 1.807) is 21.3 Å². The third-order valence-corrected chi connectivity index (χ3v) is 6.88. The van der Waals surface area contributed by atoms with Crippen LogP contribution in [0.4, 0.5) is 0 Å². The van der Waals surface area contributed by atoms with Gasteiger partial charge in [0.15, 0.2) is 0 Å². The van der Waals surface area contributed by atoms with Crippen molar-refractivity contribution in [1.29, 1.82) is 0 Å². The summed E-state index contributed by atoms with van der Waals surface area (Å²) in [5.74, 6) is 0.962. The molecule has 0 saturated carbocycles. The summed E-state index contributed by atoms with van der Waals surface area (Å²) in [5, 5.41) is 0. The van der Waals surface area contributed by atoms with Crippen molar-refractivity contribution in [2.45, 2.75) is 58.2 Å². The molecule has 2 aromatic rings. The van der Waals surface area contributed by atoms with Gasteiger partial charge in [-0.15, -0.1) is 0 Å². The van der Waals surface area contributed by atoms with Crippen molar-refractivity contribution in [2.75, 3.05) is 41.7 Å². The molecule has 4 heteroatoms. The van der Waals surface area contributed by atoms with Gasteiger partial charge in [-0.25, -0.2) is 0 Å². The van der Waals surface area contributed by atoms with Crippen LogP contribution in [0.15, 0.2) is 60.7 Å². The molecule has 0 heterocycles. The summed E-state index contributed by atoms with van der Waals surface area (Å²) in [5.41, 5.74) is 1.50. The minimum absolute atomic E-state index is 0.224. The van der Waals surface area contributed by atoms with Crippen molar-refractivity contribution >= 4 is 0 Å². The summed E-state index contributed by atoms with van der Waals surface area (Å²) < 4.78 is 24.8. The highest BCUT2D eigenvalue weighted by molar-refractivity contribution is 5.42. The first-order valence-corrected chi connectivity index (χ1v) is 12.5. The quantitative estimate of drug-likeness (QED) is 0.303. The van der Waals surface area contributed by atoms with Gasteiger partial charge in [-0.05, 0) is 35.8 Å². The maximum atomic E-state index is 6.49. The minimum Gasteiger partial charge on any atom is -0.384 e. The second kappa shape index (κ2) is 13.4. The molecule has 0 radical (unpaired) electrons. The number of rotatable bonds is 15. The molecule has 34 heavy (non-hydrogen) atoms. The van der Waals surface area contributed by atoms with Crippen LogP contribution in [-0.4, -0.2) is 53.9 Å². The van der Waals surface area contributed by atoms with E-state index in [0.717, 1.165) is 24.0 Å². The van der Waals surface area contributed by atoms with Crippen LogP contribution in [0.3, 0.4) is 0 Å². The SMILES string of the molecule is COCC(CC(C)C)(CC(C)C)C(OC)C(OC)C(COC)(c1ccccc1)c1ccccc1. The van der Waals surface area contributed by atoms with Crippen molar-refractivity contribution < 1.29 is 18.9 Å². The lowest BCUT2D eigenvalue weighted by Crippen LogP contribution is -2.59. The highest BCUT2D eigenvalue weighted by Gasteiger charge is 2.54. The zero-order valence-electron chi connectivity index (χ0n) is 22.5. The Kier molecular flexibility index (Phi) is 11.2. The third-order valence-electron chi connectivity index (χ3n) is 6.88. The fraction of sp³-hybridized carbons (Fsp3) is 0.600. The largest absolute Gasteiger partial charge is 0.384 e. The lowest BCUT2D eigenvalue weighted by molar-refractivity contribution is -0.159. The van der Waals surface area contributed by atoms with Crippen molar-refractivity contribution in [3.63, 3.8) is 0 Å². The first-order chi connectivity index (χ1) is 16.3. The molecule has 190 valence electrons. The fourth-order valence-electron chi connectivity index (χ4n) is 6.15. The van der Waals surface area contributed by atoms with Crippen molar-refractivity contribution in [3.05, 3.63) is 71.8 Å². The Bertz CT molecular complexity index is 754. The average molecular weight is 471 g/mol. The molecule has 0 aliphatic rings. The number of hydrogen-bond donors (Lipinski definition) is 0. The second-order valence-corrected chi connectivity index (χ2v) is 10.4. The smallest absolute Gasteiger partial charge is 0.0998 e. The number of methoxy groups -OCH3 is 4. The predicted octanol–water partition coefficient (Wildman–Crippen LogP) is 6.37. The molecule has 0 aromatic heterocycles. The van der Waals surface area contributed by atoms with Gasteiger partial charge >= 0.3 is 0 Å². The van der Waals surface area contributed by atoms with Crippen LogP contribution < -0.4 is 0 Å². The molecular weight excluding hydrogens is 424 g/mol. The normalized spacial score (nSPS) is 14.5. The van der Waals surface area contributed by atoms with Gasteiger partial charge < -0.3 is 18.9 Å². The van der Waals surface area contributed by atoms with E-state index in [4.69, 9.17) is 18.9 Å². The third kappa shape index (κ3) is 6.28. The molecule has 4 nitrogen and oxygen atoms in total. The van der Waals surface area contributed by atoms with E-state index in [1.807, 2.05) is 7.11 Å². The van der Waals surface area contributed by atoms with E-state index in [1.165, 1.54) is 0 Å². The molecule has 2 rings (SSSR count). The van der Waals surface area contributed by atoms with Crippen molar-refractivity contribution in [3.8, 4) is 0 Å². The van der Waals surface area contributed by atoms with Gasteiger partial charge in [-0.3, -0.25) is 0 Å². The van der Waals surface area contributed by atoms with Gasteiger partial charge in [0.05, 0.1) is 30.8 Å². The summed E-state index contributed by atoms with van der Waals surface area (Å²) in [4.78, 5) is 0. The Morgan fingerprint density at radius 3 is 1.32 bits per heavy atom. The minimum atomic E-state index is -0.570. The summed E-state index contributed by atoms with van der Waals surface area (Å²) in [7, 11) is 7.17. The van der Waals surface area contributed by atoms with Crippen LogP contribution >= 0.6 is 0 Å². The first-order valence-electron chi connectivity index (χ1n) is 12.5. The highest BCUT2D eigenvalue weighted by atomic mass is 16.5. The molecule has 0 amide bonds. The van der Waals surface area contributed by atoms with Gasteiger partial charge in [0.1, 0.15) is 0 Å². The van der Waals surface area contributed by atoms with Crippen LogP contribution in [0.5, 0.6) is 0 Å². The lowest BCUT2D eigenvalue weighted by Gasteiger charge is -2.51. The maximum Gasteiger partial charge on any atom is 0.0998 e. The molecule has 0 N–H and O–H groups in total. The van der Waals surface area contributed by atoms with Crippen LogP contribution in [0.1, 0.15) is 51.7 Å². The Balaban J connectivity index is 2.84. The Morgan fingerprint density at radius 1 is 0.588 bits per heavy atom. The zero-order chi connectivity index (χ0) is 25.2. The summed E-state index contributed by atoms with van der Waals surface area (Å²) in [6, 6.07) is 21.1. The second-order valence-electron chi connectivity index (χ2n) is 10.4. The Morgan fingerprint density at radius 2 is 1.00 bits per heavy atom. The summed E-state index contributed by atoms with van der Waals surface area (Å²) >= 11 is 0. The van der Waals surface area contributed by atoms with Crippen molar-refractivity contribution in [1.82, 2.24) is 0 Å². The number of benzene rings is 2. The monoisotopic (exact) mass is 470 g/mol. The average Bonchev–Trinajstić information content (AvgIpc) is 2.81.